The number of nitrogens with zero attached hydrogens (tertiary/aromatic N) is 1. The number of ether oxygens (including phenoxy) is 1. The highest BCUT2D eigenvalue weighted by Crippen LogP contribution is 2.13. The first kappa shape index (κ1) is 15.2. The average molecular weight is 258 g/mol. The molecule has 18 heavy (non-hydrogen) atoms. The predicted molar refractivity (Wildman–Crippen MR) is 70.5 cm³/mol. The quantitative estimate of drug-likeness (QED) is 0.756. The maximum Gasteiger partial charge on any atom is 0.317 e. The number of amides is 2. The van der Waals surface area contributed by atoms with Crippen molar-refractivity contribution < 1.29 is 14.6 Å². The van der Waals surface area contributed by atoms with Crippen molar-refractivity contribution in [2.75, 3.05) is 26.3 Å². The van der Waals surface area contributed by atoms with E-state index in [0.717, 1.165) is 32.2 Å². The number of nitrogens with one attached hydrogen (secondary N) is 1. The monoisotopic (exact) mass is 258 g/mol. The molecule has 1 aliphatic rings. The van der Waals surface area contributed by atoms with E-state index in [1.807, 2.05) is 18.7 Å². The van der Waals surface area contributed by atoms with Gasteiger partial charge in [0.25, 0.3) is 0 Å². The fourth-order valence-electron chi connectivity index (χ4n) is 2.27. The fraction of sp³-hybridized carbons (Fsp3) is 0.923. The number of hydrogen-bond acceptors (Lipinski definition) is 3. The largest absolute Gasteiger partial charge is 0.396 e. The van der Waals surface area contributed by atoms with E-state index in [1.165, 1.54) is 0 Å². The van der Waals surface area contributed by atoms with Crippen LogP contribution in [0.1, 0.15) is 39.5 Å². The molecule has 1 heterocycles. The molecule has 0 saturated carbocycles. The van der Waals surface area contributed by atoms with Crippen LogP contribution in [-0.4, -0.2) is 54.5 Å². The zero-order valence-corrected chi connectivity index (χ0v) is 11.5. The van der Waals surface area contributed by atoms with E-state index in [2.05, 4.69) is 5.32 Å². The lowest BCUT2D eigenvalue weighted by atomic mass is 10.1. The molecule has 0 radical (unpaired) electrons. The Labute approximate surface area is 109 Å². The molecule has 1 rings (SSSR count). The molecule has 2 unspecified atom stereocenters. The summed E-state index contributed by atoms with van der Waals surface area (Å²) in [5.41, 5.74) is 0. The highest BCUT2D eigenvalue weighted by Gasteiger charge is 2.24. The Kier molecular flexibility index (Phi) is 7.05. The van der Waals surface area contributed by atoms with Gasteiger partial charge in [0, 0.05) is 32.3 Å². The van der Waals surface area contributed by atoms with Crippen LogP contribution < -0.4 is 5.32 Å². The van der Waals surface area contributed by atoms with Gasteiger partial charge in [0.2, 0.25) is 0 Å². The molecule has 0 aliphatic carbocycles. The molecule has 5 nitrogen and oxygen atoms in total. The van der Waals surface area contributed by atoms with Gasteiger partial charge in [0.1, 0.15) is 0 Å². The van der Waals surface area contributed by atoms with Crippen LogP contribution in [0.15, 0.2) is 0 Å². The summed E-state index contributed by atoms with van der Waals surface area (Å²) in [6, 6.07) is 0.0990. The van der Waals surface area contributed by atoms with E-state index in [9.17, 15) is 4.79 Å². The van der Waals surface area contributed by atoms with Crippen LogP contribution in [-0.2, 0) is 4.74 Å². The number of urea groups is 1. The van der Waals surface area contributed by atoms with Crippen LogP contribution in [0.4, 0.5) is 4.79 Å². The summed E-state index contributed by atoms with van der Waals surface area (Å²) in [6.07, 6.45) is 3.76. The van der Waals surface area contributed by atoms with Crippen molar-refractivity contribution >= 4 is 6.03 Å². The first-order chi connectivity index (χ1) is 8.67. The van der Waals surface area contributed by atoms with Crippen molar-refractivity contribution in [3.8, 4) is 0 Å². The van der Waals surface area contributed by atoms with Crippen LogP contribution in [0, 0.1) is 0 Å². The van der Waals surface area contributed by atoms with E-state index in [0.29, 0.717) is 13.2 Å². The van der Waals surface area contributed by atoms with Gasteiger partial charge in [0.15, 0.2) is 0 Å². The molecule has 1 aliphatic heterocycles. The Balaban J connectivity index is 2.31. The average Bonchev–Trinajstić information content (AvgIpc) is 2.37. The van der Waals surface area contributed by atoms with Crippen molar-refractivity contribution in [1.82, 2.24) is 10.2 Å². The van der Waals surface area contributed by atoms with Gasteiger partial charge in [-0.15, -0.1) is 0 Å². The van der Waals surface area contributed by atoms with Crippen LogP contribution >= 0.6 is 0 Å². The third-order valence-electron chi connectivity index (χ3n) is 3.23. The van der Waals surface area contributed by atoms with Gasteiger partial charge in [0.05, 0.1) is 6.10 Å². The number of aliphatic hydroxyl groups excluding tert-OH is 1. The van der Waals surface area contributed by atoms with Gasteiger partial charge in [-0.05, 0) is 39.5 Å². The number of hydrogen-bond donors (Lipinski definition) is 2. The minimum atomic E-state index is -0.00940. The second-order valence-electron chi connectivity index (χ2n) is 4.88. The maximum atomic E-state index is 12.0. The van der Waals surface area contributed by atoms with E-state index < -0.39 is 0 Å². The Hall–Kier alpha value is -0.810. The van der Waals surface area contributed by atoms with Gasteiger partial charge in [-0.2, -0.15) is 0 Å². The number of rotatable bonds is 6. The molecule has 0 aromatic rings. The van der Waals surface area contributed by atoms with Crippen molar-refractivity contribution in [1.29, 1.82) is 0 Å². The summed E-state index contributed by atoms with van der Waals surface area (Å²) < 4.78 is 5.58. The van der Waals surface area contributed by atoms with Gasteiger partial charge < -0.3 is 20.1 Å². The number of likely N-dealkylation sites (tertiary alicyclic amines) is 1. The standard InChI is InChI=1S/C13H26N2O3/c1-3-18-12-7-4-8-15(10-12)13(17)14-11(2)6-5-9-16/h11-12,16H,3-10H2,1-2H3,(H,14,17). The molecule has 0 bridgehead atoms. The molecule has 1 fully saturated rings. The van der Waals surface area contributed by atoms with E-state index in [4.69, 9.17) is 9.84 Å². The third-order valence-corrected chi connectivity index (χ3v) is 3.23. The molecule has 0 aromatic carbocycles. The second-order valence-corrected chi connectivity index (χ2v) is 4.88. The summed E-state index contributed by atoms with van der Waals surface area (Å²) in [7, 11) is 0. The number of carbonyl (C=O) groups is 1. The van der Waals surface area contributed by atoms with Gasteiger partial charge >= 0.3 is 6.03 Å². The number of piperidine rings is 1. The topological polar surface area (TPSA) is 61.8 Å². The molecule has 0 aromatic heterocycles. The first-order valence-corrected chi connectivity index (χ1v) is 6.95. The van der Waals surface area contributed by atoms with Crippen LogP contribution in [0.2, 0.25) is 0 Å². The van der Waals surface area contributed by atoms with Crippen LogP contribution in [0.5, 0.6) is 0 Å². The summed E-state index contributed by atoms with van der Waals surface area (Å²) in [5.74, 6) is 0. The molecule has 5 heteroatoms. The van der Waals surface area contributed by atoms with Gasteiger partial charge in [-0.25, -0.2) is 4.79 Å². The highest BCUT2D eigenvalue weighted by atomic mass is 16.5. The minimum Gasteiger partial charge on any atom is -0.396 e. The highest BCUT2D eigenvalue weighted by molar-refractivity contribution is 5.74. The molecule has 1 saturated heterocycles. The molecule has 2 N–H and O–H groups in total. The summed E-state index contributed by atoms with van der Waals surface area (Å²) in [6.45, 7) is 6.32. The lowest BCUT2D eigenvalue weighted by Gasteiger charge is -2.33. The second kappa shape index (κ2) is 8.32. The Bertz CT molecular complexity index is 246. The smallest absolute Gasteiger partial charge is 0.317 e. The molecule has 2 atom stereocenters. The van der Waals surface area contributed by atoms with Crippen molar-refractivity contribution in [3.05, 3.63) is 0 Å². The summed E-state index contributed by atoms with van der Waals surface area (Å²) in [4.78, 5) is 13.9. The normalized spacial score (nSPS) is 21.7. The lowest BCUT2D eigenvalue weighted by Crippen LogP contribution is -2.49. The Morgan fingerprint density at radius 2 is 2.39 bits per heavy atom. The van der Waals surface area contributed by atoms with Crippen molar-refractivity contribution in [2.45, 2.75) is 51.7 Å². The lowest BCUT2D eigenvalue weighted by molar-refractivity contribution is 0.0161. The molecule has 2 amide bonds. The number of carbonyl (C=O) groups excluding carboxylic acids is 1. The molecular weight excluding hydrogens is 232 g/mol. The van der Waals surface area contributed by atoms with Gasteiger partial charge in [-0.3, -0.25) is 0 Å². The summed E-state index contributed by atoms with van der Waals surface area (Å²) in [5, 5.41) is 11.7. The van der Waals surface area contributed by atoms with Crippen LogP contribution in [0.25, 0.3) is 0 Å². The third kappa shape index (κ3) is 5.23. The van der Waals surface area contributed by atoms with E-state index in [1.54, 1.807) is 0 Å². The van der Waals surface area contributed by atoms with Crippen LogP contribution in [0.3, 0.4) is 0 Å². The Morgan fingerprint density at radius 3 is 3.06 bits per heavy atom. The fourth-order valence-corrected chi connectivity index (χ4v) is 2.27. The zero-order chi connectivity index (χ0) is 13.4. The minimum absolute atomic E-state index is 0.00940. The summed E-state index contributed by atoms with van der Waals surface area (Å²) >= 11 is 0. The van der Waals surface area contributed by atoms with Gasteiger partial charge in [-0.1, -0.05) is 0 Å². The molecular formula is C13H26N2O3. The predicted octanol–water partition coefficient (Wildman–Crippen LogP) is 1.36. The SMILES string of the molecule is CCOC1CCCN(C(=O)NC(C)CCCO)C1. The number of aliphatic hydroxyl groups is 1. The van der Waals surface area contributed by atoms with Crippen molar-refractivity contribution in [3.63, 3.8) is 0 Å². The maximum absolute atomic E-state index is 12.0. The van der Waals surface area contributed by atoms with E-state index >= 15 is 0 Å². The molecule has 0 spiro atoms. The van der Waals surface area contributed by atoms with E-state index in [-0.39, 0.29) is 24.8 Å². The zero-order valence-electron chi connectivity index (χ0n) is 11.5. The van der Waals surface area contributed by atoms with Crippen molar-refractivity contribution in [2.24, 2.45) is 0 Å². The Morgan fingerprint density at radius 1 is 1.61 bits per heavy atom. The molecule has 106 valence electrons. The first-order valence-electron chi connectivity index (χ1n) is 6.95.